The lowest BCUT2D eigenvalue weighted by molar-refractivity contribution is -0.192. The number of rotatable bonds is 13. The van der Waals surface area contributed by atoms with E-state index < -0.39 is 70.3 Å². The maximum absolute atomic E-state index is 14.1. The van der Waals surface area contributed by atoms with Crippen molar-refractivity contribution in [3.63, 3.8) is 0 Å². The van der Waals surface area contributed by atoms with E-state index in [1.165, 1.54) is 62.5 Å². The van der Waals surface area contributed by atoms with Crippen molar-refractivity contribution >= 4 is 61.7 Å². The molecule has 1 heterocycles. The molecule has 0 fully saturated rings. The monoisotopic (exact) mass is 799 g/mol. The number of nitrogen functional groups attached to an aromatic ring is 1. The smallest absolute Gasteiger partial charge is 0.481 e. The number of benzene rings is 3. The summed E-state index contributed by atoms with van der Waals surface area (Å²) in [7, 11) is -2.92. The summed E-state index contributed by atoms with van der Waals surface area (Å²) in [4.78, 5) is 50.8. The fourth-order valence-corrected chi connectivity index (χ4v) is 6.17. The van der Waals surface area contributed by atoms with Crippen LogP contribution in [0.15, 0.2) is 77.8 Å². The van der Waals surface area contributed by atoms with Gasteiger partial charge in [0.2, 0.25) is 5.91 Å². The summed E-state index contributed by atoms with van der Waals surface area (Å²) < 4.78 is 93.8. The van der Waals surface area contributed by atoms with Crippen LogP contribution in [0.4, 0.5) is 43.9 Å². The average Bonchev–Trinajstić information content (AvgIpc) is 3.09. The first kappa shape index (κ1) is 43.2. The molecule has 0 aliphatic rings. The van der Waals surface area contributed by atoms with Crippen LogP contribution in [0, 0.1) is 0 Å². The van der Waals surface area contributed by atoms with E-state index in [2.05, 4.69) is 30.4 Å². The Kier molecular flexibility index (Phi) is 14.3. The maximum atomic E-state index is 14.1. The number of carboxylic acid groups (broad SMARTS) is 2. The zero-order valence-corrected chi connectivity index (χ0v) is 29.7. The van der Waals surface area contributed by atoms with E-state index in [1.54, 1.807) is 24.3 Å². The lowest BCUT2D eigenvalue weighted by Gasteiger charge is -2.26. The molecule has 0 aliphatic carbocycles. The molecule has 55 heavy (non-hydrogen) atoms. The first-order valence-corrected chi connectivity index (χ1v) is 17.2. The number of sulfone groups is 1. The number of ether oxygens (including phenoxy) is 2. The number of fused-ring (bicyclic) bond motifs is 1. The van der Waals surface area contributed by atoms with Gasteiger partial charge in [0.05, 0.1) is 29.7 Å². The third kappa shape index (κ3) is 11.9. The van der Waals surface area contributed by atoms with Crippen LogP contribution < -0.4 is 26.4 Å². The lowest BCUT2D eigenvalue weighted by atomic mass is 10.00. The minimum Gasteiger partial charge on any atom is -0.481 e. The van der Waals surface area contributed by atoms with Crippen molar-refractivity contribution in [1.29, 1.82) is 0 Å². The van der Waals surface area contributed by atoms with Gasteiger partial charge < -0.3 is 36.1 Å². The number of hydrogen-bond donors (Lipinski definition) is 6. The first-order chi connectivity index (χ1) is 25.6. The lowest BCUT2D eigenvalue weighted by Crippen LogP contribution is -2.37. The van der Waals surface area contributed by atoms with Gasteiger partial charge in [-0.1, -0.05) is 12.1 Å². The van der Waals surface area contributed by atoms with Gasteiger partial charge in [0.25, 0.3) is 0 Å². The van der Waals surface area contributed by atoms with E-state index in [4.69, 9.17) is 15.6 Å². The minimum atomic E-state index is -5.08. The van der Waals surface area contributed by atoms with Gasteiger partial charge in [-0.3, -0.25) is 14.9 Å². The number of carboxylic acids is 2. The molecule has 0 radical (unpaired) electrons. The highest BCUT2D eigenvalue weighted by molar-refractivity contribution is 7.92. The Labute approximate surface area is 309 Å². The Morgan fingerprint density at radius 1 is 0.945 bits per heavy atom. The molecule has 0 bridgehead atoms. The van der Waals surface area contributed by atoms with Crippen LogP contribution in [-0.4, -0.2) is 72.7 Å². The van der Waals surface area contributed by atoms with Gasteiger partial charge in [-0.05, 0) is 85.0 Å². The number of aromatic nitrogens is 1. The molecule has 4 rings (SSSR count). The zero-order valence-electron chi connectivity index (χ0n) is 28.9. The highest BCUT2D eigenvalue weighted by Crippen LogP contribution is 2.33. The van der Waals surface area contributed by atoms with Crippen LogP contribution in [0.2, 0.25) is 0 Å². The molecule has 1 aromatic heterocycles. The number of nitrogens with one attached hydrogen (secondary N) is 3. The van der Waals surface area contributed by atoms with Crippen LogP contribution >= 0.6 is 0 Å². The highest BCUT2D eigenvalue weighted by atomic mass is 32.2. The third-order valence-electron chi connectivity index (χ3n) is 7.47. The topological polar surface area (TPSA) is 236 Å². The second-order valence-corrected chi connectivity index (χ2v) is 14.1. The number of pyridine rings is 1. The molecule has 0 unspecified atom stereocenters. The van der Waals surface area contributed by atoms with E-state index >= 15 is 0 Å². The molecule has 0 aliphatic heterocycles. The minimum absolute atomic E-state index is 0.0700. The van der Waals surface area contributed by atoms with E-state index in [0.717, 1.165) is 7.11 Å². The SMILES string of the molecule is COC(=O)Nc1ccc(S(=O)(=O)C(C)C)c([C@@H](CC(=O)O)NC(=O)[C@H](Nc2ccc3c(N)nccc3c2)c2cccc(OC(F)F)c2)c1.O=C(O)C(F)(F)F. The van der Waals surface area contributed by atoms with E-state index in [-0.39, 0.29) is 33.3 Å². The predicted molar refractivity (Wildman–Crippen MR) is 187 cm³/mol. The number of methoxy groups -OCH3 is 1. The Morgan fingerprint density at radius 2 is 1.60 bits per heavy atom. The summed E-state index contributed by atoms with van der Waals surface area (Å²) in [5.41, 5.74) is 6.48. The maximum Gasteiger partial charge on any atom is 0.490 e. The predicted octanol–water partition coefficient (Wildman–Crippen LogP) is 5.90. The van der Waals surface area contributed by atoms with Crippen molar-refractivity contribution in [1.82, 2.24) is 10.3 Å². The number of nitrogens with two attached hydrogens (primary N) is 1. The van der Waals surface area contributed by atoms with Crippen molar-refractivity contribution in [3.05, 3.63) is 84.1 Å². The van der Waals surface area contributed by atoms with Gasteiger partial charge in [0, 0.05) is 23.0 Å². The second-order valence-electron chi connectivity index (χ2n) is 11.6. The number of halogens is 5. The van der Waals surface area contributed by atoms with Crippen molar-refractivity contribution in [2.24, 2.45) is 0 Å². The number of hydrogen-bond acceptors (Lipinski definition) is 11. The molecule has 21 heteroatoms. The molecule has 15 nitrogen and oxygen atoms in total. The van der Waals surface area contributed by atoms with Crippen LogP contribution in [-0.2, 0) is 29.0 Å². The van der Waals surface area contributed by atoms with E-state index in [1.807, 2.05) is 0 Å². The quantitative estimate of drug-likeness (QED) is 0.0866. The molecule has 296 valence electrons. The van der Waals surface area contributed by atoms with Gasteiger partial charge in [-0.25, -0.2) is 23.0 Å². The van der Waals surface area contributed by atoms with Gasteiger partial charge >= 0.3 is 30.8 Å². The van der Waals surface area contributed by atoms with Gasteiger partial charge in [0.15, 0.2) is 9.84 Å². The van der Waals surface area contributed by atoms with E-state index in [0.29, 0.717) is 16.5 Å². The number of carbonyl (C=O) groups excluding carboxylic acids is 2. The largest absolute Gasteiger partial charge is 0.490 e. The van der Waals surface area contributed by atoms with Crippen LogP contribution in [0.5, 0.6) is 5.75 Å². The average molecular weight is 800 g/mol. The first-order valence-electron chi connectivity index (χ1n) is 15.6. The summed E-state index contributed by atoms with van der Waals surface area (Å²) in [6.45, 7) is -0.273. The highest BCUT2D eigenvalue weighted by Gasteiger charge is 2.38. The molecule has 7 N–H and O–H groups in total. The Morgan fingerprint density at radius 3 is 2.18 bits per heavy atom. The number of anilines is 3. The molecule has 4 aromatic rings. The number of amides is 2. The number of carbonyl (C=O) groups is 4. The molecule has 0 spiro atoms. The standard InChI is InChI=1S/C32H33F2N5O8S.C2HF3O2/c1-17(2)48(44,45)26-10-8-21(38-32(43)46-3)15-24(26)25(16-27(40)41)39-30(42)28(19-5-4-6-22(14-19)47-31(33)34)37-20-7-9-23-18(13-20)11-12-36-29(23)35;3-2(4,5)1(6)7/h4-15,17,25,28,31,37H,16H2,1-3H3,(H2,35,36)(H,38,43)(H,39,42)(H,40,41);(H,6,7)/t25-,28-;/m1./s1. The van der Waals surface area contributed by atoms with Crippen LogP contribution in [0.3, 0.4) is 0 Å². The summed E-state index contributed by atoms with van der Waals surface area (Å²) in [5.74, 6) is -4.94. The van der Waals surface area contributed by atoms with E-state index in [9.17, 15) is 49.9 Å². The third-order valence-corrected chi connectivity index (χ3v) is 9.69. The summed E-state index contributed by atoms with van der Waals surface area (Å²) in [6, 6.07) is 12.9. The summed E-state index contributed by atoms with van der Waals surface area (Å²) >= 11 is 0. The fourth-order valence-electron chi connectivity index (χ4n) is 4.88. The van der Waals surface area contributed by atoms with Gasteiger partial charge in [0.1, 0.15) is 17.6 Å². The Balaban J connectivity index is 0.00000106. The Bertz CT molecular complexity index is 2150. The number of alkyl halides is 5. The normalized spacial score (nSPS) is 12.5. The number of aliphatic carboxylic acids is 2. The zero-order chi connectivity index (χ0) is 41.2. The molecule has 2 amide bonds. The van der Waals surface area contributed by atoms with Crippen LogP contribution in [0.1, 0.15) is 43.5 Å². The van der Waals surface area contributed by atoms with Crippen molar-refractivity contribution in [2.75, 3.05) is 23.5 Å². The van der Waals surface area contributed by atoms with Gasteiger partial charge in [-0.2, -0.15) is 22.0 Å². The van der Waals surface area contributed by atoms with Crippen molar-refractivity contribution < 1.29 is 69.2 Å². The summed E-state index contributed by atoms with van der Waals surface area (Å²) in [6.07, 6.45) is -5.22. The fraction of sp³-hybridized carbons (Fsp3) is 0.265. The molecule has 0 saturated carbocycles. The molecule has 2 atom stereocenters. The molecular formula is C34H34F5N5O10S. The number of nitrogens with zero attached hydrogens (tertiary/aromatic N) is 1. The Hall–Kier alpha value is -6.25. The molecular weight excluding hydrogens is 765 g/mol. The van der Waals surface area contributed by atoms with Crippen LogP contribution in [0.25, 0.3) is 10.8 Å². The molecule has 3 aromatic carbocycles. The van der Waals surface area contributed by atoms with Crippen molar-refractivity contribution in [3.8, 4) is 5.75 Å². The van der Waals surface area contributed by atoms with Gasteiger partial charge in [-0.15, -0.1) is 0 Å². The molecule has 0 saturated heterocycles. The summed E-state index contributed by atoms with van der Waals surface area (Å²) in [5, 5.41) is 25.4. The second kappa shape index (κ2) is 18.2. The van der Waals surface area contributed by atoms with Crippen molar-refractivity contribution in [2.45, 2.75) is 55.3 Å².